The van der Waals surface area contributed by atoms with Crippen molar-refractivity contribution in [1.82, 2.24) is 5.32 Å². The summed E-state index contributed by atoms with van der Waals surface area (Å²) < 4.78 is 10.5. The molecule has 21 heavy (non-hydrogen) atoms. The van der Waals surface area contributed by atoms with Gasteiger partial charge in [-0.2, -0.15) is 0 Å². The molecule has 2 rings (SSSR count). The summed E-state index contributed by atoms with van der Waals surface area (Å²) in [5, 5.41) is 23.3. The number of rotatable bonds is 8. The van der Waals surface area contributed by atoms with Crippen molar-refractivity contribution in [2.45, 2.75) is 38.9 Å². The molecule has 2 unspecified atom stereocenters. The van der Waals surface area contributed by atoms with Gasteiger partial charge in [-0.3, -0.25) is 0 Å². The minimum absolute atomic E-state index is 0.231. The monoisotopic (exact) mass is 295 g/mol. The van der Waals surface area contributed by atoms with Crippen molar-refractivity contribution >= 4 is 0 Å². The fourth-order valence-electron chi connectivity index (χ4n) is 2.61. The van der Waals surface area contributed by atoms with E-state index in [9.17, 15) is 10.2 Å². The number of hydrogen-bond acceptors (Lipinski definition) is 5. The van der Waals surface area contributed by atoms with Crippen molar-refractivity contribution in [1.29, 1.82) is 0 Å². The third-order valence-corrected chi connectivity index (χ3v) is 4.07. The Balaban J connectivity index is 1.80. The molecule has 2 atom stereocenters. The number of benzene rings is 1. The molecule has 118 valence electrons. The Kier molecular flexibility index (Phi) is 5.85. The summed E-state index contributed by atoms with van der Waals surface area (Å²) in [5.74, 6) is 1.69. The van der Waals surface area contributed by atoms with Crippen molar-refractivity contribution in [3.8, 4) is 11.5 Å². The molecule has 0 amide bonds. The summed E-state index contributed by atoms with van der Waals surface area (Å²) in [6, 6.07) is 5.43. The second kappa shape index (κ2) is 7.64. The number of fused-ring (bicyclic) bond motifs is 1. The predicted octanol–water partition coefficient (Wildman–Crippen LogP) is 1.84. The summed E-state index contributed by atoms with van der Waals surface area (Å²) in [5.41, 5.74) is 0.781. The average Bonchev–Trinajstić information content (AvgIpc) is 2.95. The molecule has 5 nitrogen and oxygen atoms in total. The predicted molar refractivity (Wildman–Crippen MR) is 80.5 cm³/mol. The van der Waals surface area contributed by atoms with E-state index >= 15 is 0 Å². The lowest BCUT2D eigenvalue weighted by atomic mass is 9.96. The van der Waals surface area contributed by atoms with Crippen LogP contribution in [0.15, 0.2) is 18.2 Å². The molecule has 1 heterocycles. The second-order valence-corrected chi connectivity index (χ2v) is 5.43. The van der Waals surface area contributed by atoms with Crippen LogP contribution in [0.5, 0.6) is 11.5 Å². The zero-order valence-electron chi connectivity index (χ0n) is 12.7. The molecule has 1 aliphatic heterocycles. The maximum atomic E-state index is 10.2. The number of nitrogens with one attached hydrogen (secondary N) is 1. The van der Waals surface area contributed by atoms with Crippen LogP contribution >= 0.6 is 0 Å². The van der Waals surface area contributed by atoms with E-state index in [1.54, 1.807) is 12.1 Å². The fourth-order valence-corrected chi connectivity index (χ4v) is 2.61. The van der Waals surface area contributed by atoms with Crippen LogP contribution in [0.4, 0.5) is 0 Å². The van der Waals surface area contributed by atoms with E-state index in [-0.39, 0.29) is 12.9 Å². The number of ether oxygens (including phenoxy) is 2. The quantitative estimate of drug-likeness (QED) is 0.682. The Hall–Kier alpha value is -1.30. The molecule has 0 aliphatic carbocycles. The zero-order chi connectivity index (χ0) is 15.2. The Morgan fingerprint density at radius 3 is 2.52 bits per heavy atom. The van der Waals surface area contributed by atoms with Gasteiger partial charge >= 0.3 is 0 Å². The van der Waals surface area contributed by atoms with Crippen LogP contribution in [0.3, 0.4) is 0 Å². The van der Waals surface area contributed by atoms with Gasteiger partial charge in [0.2, 0.25) is 6.79 Å². The van der Waals surface area contributed by atoms with Crippen molar-refractivity contribution in [3.05, 3.63) is 23.8 Å². The Morgan fingerprint density at radius 2 is 1.81 bits per heavy atom. The largest absolute Gasteiger partial charge is 0.454 e. The third-order valence-electron chi connectivity index (χ3n) is 4.07. The van der Waals surface area contributed by atoms with E-state index < -0.39 is 6.10 Å². The van der Waals surface area contributed by atoms with E-state index in [4.69, 9.17) is 9.47 Å². The van der Waals surface area contributed by atoms with Crippen LogP contribution < -0.4 is 14.8 Å². The highest BCUT2D eigenvalue weighted by molar-refractivity contribution is 5.45. The van der Waals surface area contributed by atoms with Gasteiger partial charge in [0.15, 0.2) is 11.5 Å². The summed E-state index contributed by atoms with van der Waals surface area (Å²) in [4.78, 5) is 0. The van der Waals surface area contributed by atoms with Gasteiger partial charge in [-0.05, 0) is 23.6 Å². The Morgan fingerprint density at radius 1 is 1.10 bits per heavy atom. The van der Waals surface area contributed by atoms with Gasteiger partial charge in [0.05, 0.1) is 12.2 Å². The molecule has 0 fully saturated rings. The third kappa shape index (κ3) is 4.09. The molecule has 1 aromatic rings. The van der Waals surface area contributed by atoms with E-state index in [2.05, 4.69) is 19.2 Å². The lowest BCUT2D eigenvalue weighted by molar-refractivity contribution is 0.0945. The van der Waals surface area contributed by atoms with Crippen LogP contribution in [-0.4, -0.2) is 36.2 Å². The van der Waals surface area contributed by atoms with E-state index in [0.29, 0.717) is 30.5 Å². The maximum Gasteiger partial charge on any atom is 0.231 e. The molecule has 0 radical (unpaired) electrons. The topological polar surface area (TPSA) is 71.0 Å². The minimum Gasteiger partial charge on any atom is -0.454 e. The molecule has 0 spiro atoms. The van der Waals surface area contributed by atoms with Crippen molar-refractivity contribution in [3.63, 3.8) is 0 Å². The molecular weight excluding hydrogens is 270 g/mol. The van der Waals surface area contributed by atoms with Gasteiger partial charge in [0.1, 0.15) is 0 Å². The lowest BCUT2D eigenvalue weighted by Crippen LogP contribution is -2.34. The molecular formula is C16H25NO4. The van der Waals surface area contributed by atoms with Gasteiger partial charge < -0.3 is 25.0 Å². The highest BCUT2D eigenvalue weighted by Gasteiger charge is 2.18. The molecule has 1 aliphatic rings. The lowest BCUT2D eigenvalue weighted by Gasteiger charge is -2.21. The number of aliphatic hydroxyl groups excluding tert-OH is 2. The zero-order valence-corrected chi connectivity index (χ0v) is 12.7. The Bertz CT molecular complexity index is 448. The molecule has 0 saturated carbocycles. The van der Waals surface area contributed by atoms with Crippen LogP contribution in [0.2, 0.25) is 0 Å². The van der Waals surface area contributed by atoms with Gasteiger partial charge in [-0.15, -0.1) is 0 Å². The van der Waals surface area contributed by atoms with Gasteiger partial charge in [0, 0.05) is 13.1 Å². The van der Waals surface area contributed by atoms with E-state index in [0.717, 1.165) is 18.4 Å². The fraction of sp³-hybridized carbons (Fsp3) is 0.625. The molecule has 5 heteroatoms. The van der Waals surface area contributed by atoms with Crippen LogP contribution in [0.1, 0.15) is 38.4 Å². The minimum atomic E-state index is -0.631. The summed E-state index contributed by atoms with van der Waals surface area (Å²) >= 11 is 0. The standard InChI is InChI=1S/C16H25NO4/c1-3-11(4-2)13(18)8-17-9-14(19)12-5-6-15-16(7-12)21-10-20-15/h5-7,11,13-14,17-19H,3-4,8-10H2,1-2H3. The van der Waals surface area contributed by atoms with Gasteiger partial charge in [0.25, 0.3) is 0 Å². The highest BCUT2D eigenvalue weighted by Crippen LogP contribution is 2.34. The molecule has 3 N–H and O–H groups in total. The van der Waals surface area contributed by atoms with Gasteiger partial charge in [-0.25, -0.2) is 0 Å². The van der Waals surface area contributed by atoms with E-state index in [1.807, 2.05) is 6.07 Å². The summed E-state index contributed by atoms with van der Waals surface area (Å²) in [6.07, 6.45) is 0.922. The first-order valence-electron chi connectivity index (χ1n) is 7.62. The van der Waals surface area contributed by atoms with Crippen LogP contribution in [0, 0.1) is 5.92 Å². The summed E-state index contributed by atoms with van der Waals surface area (Å²) in [6.45, 7) is 5.29. The average molecular weight is 295 g/mol. The van der Waals surface area contributed by atoms with Crippen molar-refractivity contribution in [2.75, 3.05) is 19.9 Å². The molecule has 1 aromatic carbocycles. The summed E-state index contributed by atoms with van der Waals surface area (Å²) in [7, 11) is 0. The molecule has 0 bridgehead atoms. The number of aliphatic hydroxyl groups is 2. The molecule has 0 saturated heterocycles. The number of hydrogen-bond donors (Lipinski definition) is 3. The first-order valence-corrected chi connectivity index (χ1v) is 7.62. The highest BCUT2D eigenvalue weighted by atomic mass is 16.7. The van der Waals surface area contributed by atoms with Crippen molar-refractivity contribution < 1.29 is 19.7 Å². The van der Waals surface area contributed by atoms with Gasteiger partial charge in [-0.1, -0.05) is 32.8 Å². The van der Waals surface area contributed by atoms with E-state index in [1.165, 1.54) is 0 Å². The maximum absolute atomic E-state index is 10.2. The SMILES string of the molecule is CCC(CC)C(O)CNCC(O)c1ccc2c(c1)OCO2. The second-order valence-electron chi connectivity index (χ2n) is 5.43. The Labute approximate surface area is 125 Å². The normalized spacial score (nSPS) is 16.2. The van der Waals surface area contributed by atoms with Crippen LogP contribution in [0.25, 0.3) is 0 Å². The molecule has 0 aromatic heterocycles. The first kappa shape index (κ1) is 16.1. The van der Waals surface area contributed by atoms with Crippen LogP contribution in [-0.2, 0) is 0 Å². The first-order chi connectivity index (χ1) is 10.2. The smallest absolute Gasteiger partial charge is 0.231 e. The van der Waals surface area contributed by atoms with Crippen molar-refractivity contribution in [2.24, 2.45) is 5.92 Å².